The monoisotopic (exact) mass is 1120 g/mol. The van der Waals surface area contributed by atoms with Crippen LogP contribution in [0.25, 0.3) is 0 Å². The third-order valence-electron chi connectivity index (χ3n) is 11.6. The first-order valence-electron chi connectivity index (χ1n) is 21.3. The van der Waals surface area contributed by atoms with Crippen LogP contribution in [0.1, 0.15) is 59.4 Å². The quantitative estimate of drug-likeness (QED) is 0.0590. The summed E-state index contributed by atoms with van der Waals surface area (Å²) in [6, 6.07) is 21.3. The van der Waals surface area contributed by atoms with Crippen molar-refractivity contribution in [3.8, 4) is 0 Å². The van der Waals surface area contributed by atoms with E-state index in [0.717, 1.165) is 48.5 Å². The molecule has 0 spiro atoms. The minimum atomic E-state index is -4.80. The Morgan fingerprint density at radius 3 is 1.31 bits per heavy atom. The maximum atomic E-state index is 13.7. The molecule has 3 aliphatic rings. The predicted octanol–water partition coefficient (Wildman–Crippen LogP) is 11.1. The van der Waals surface area contributed by atoms with Gasteiger partial charge in [0.25, 0.3) is 0 Å². The number of hydrogen-bond acceptors (Lipinski definition) is 6. The van der Waals surface area contributed by atoms with Crippen LogP contribution < -0.4 is 21.2 Å². The van der Waals surface area contributed by atoms with Gasteiger partial charge in [-0.05, 0) is 54.1 Å². The minimum absolute atomic E-state index is 0.0356. The van der Waals surface area contributed by atoms with E-state index in [4.69, 9.17) is 13.8 Å². The fourth-order valence-corrected chi connectivity index (χ4v) is 12.3. The van der Waals surface area contributed by atoms with Crippen LogP contribution in [0.3, 0.4) is 0 Å². The Morgan fingerprint density at radius 1 is 0.529 bits per heavy atom. The topological polar surface area (TPSA) is 88.4 Å². The van der Waals surface area contributed by atoms with Gasteiger partial charge in [0.1, 0.15) is 23.9 Å². The average molecular weight is 1120 g/mol. The molecule has 0 radical (unpaired) electrons. The Hall–Kier alpha value is -4.02. The van der Waals surface area contributed by atoms with E-state index in [9.17, 15) is 68.0 Å². The Kier molecular flexibility index (Phi) is 16.6. The molecule has 0 bridgehead atoms. The maximum absolute atomic E-state index is 13.7. The first-order valence-corrected chi connectivity index (χ1v) is 24.6. The van der Waals surface area contributed by atoms with Crippen LogP contribution in [-0.4, -0.2) is 51.6 Å². The standard InChI is InChI=1S/C41H30F12O6P2.C8H11.Rh/c42-38(43,44)23-6-14-27(15-7-23)60(28-16-8-24(9-17-28)39(45,46)47)58-33-35(37(56)31(22-4-2-1-3-5-22)32(54)34(37)57-36(33)55)59-61(29-18-10-25(11-19-29)40(48,49)50)30-20-12-26(13-21-30)41(51,52)53;1-2-4-6-8-7-5-3-1;/h1-21,31-36,54-56H;1-2,7H,3-6H2;/b;2-1-,8-7?;/t31?,32?,33-,34-,35-,36-,37-;;/m1../s1. The van der Waals surface area contributed by atoms with Crippen LogP contribution in [0.15, 0.2) is 150 Å². The summed E-state index contributed by atoms with van der Waals surface area (Å²) >= 11 is 2.97. The fraction of sp³-hybridized carbons (Fsp3) is 0.306. The van der Waals surface area contributed by atoms with Crippen molar-refractivity contribution in [3.63, 3.8) is 0 Å². The molecule has 1 heterocycles. The Balaban J connectivity index is 0.000000721. The van der Waals surface area contributed by atoms with E-state index in [1.165, 1.54) is 42.0 Å². The van der Waals surface area contributed by atoms with Gasteiger partial charge in [0, 0.05) is 27.1 Å². The molecule has 2 unspecified atom stereocenters. The third-order valence-corrected chi connectivity index (χ3v) is 16.3. The molecule has 6 nitrogen and oxygen atoms in total. The second-order valence-corrected chi connectivity index (χ2v) is 21.0. The molecule has 70 heavy (non-hydrogen) atoms. The van der Waals surface area contributed by atoms with Crippen molar-refractivity contribution in [3.05, 3.63) is 178 Å². The summed E-state index contributed by atoms with van der Waals surface area (Å²) in [4.78, 5) is 0. The van der Waals surface area contributed by atoms with Crippen LogP contribution in [0, 0.1) is 0 Å². The molecule has 376 valence electrons. The molecule has 7 atom stereocenters. The van der Waals surface area contributed by atoms with Gasteiger partial charge in [0.15, 0.2) is 6.29 Å². The number of hydrogen-bond donors (Lipinski definition) is 3. The molecule has 21 heteroatoms. The van der Waals surface area contributed by atoms with Crippen LogP contribution in [0.4, 0.5) is 52.7 Å². The van der Waals surface area contributed by atoms with E-state index >= 15 is 0 Å². The summed E-state index contributed by atoms with van der Waals surface area (Å²) in [6.45, 7) is 0. The van der Waals surface area contributed by atoms with E-state index in [0.29, 0.717) is 54.1 Å². The van der Waals surface area contributed by atoms with Gasteiger partial charge < -0.3 is 29.1 Å². The van der Waals surface area contributed by atoms with E-state index in [1.54, 1.807) is 18.2 Å². The zero-order chi connectivity index (χ0) is 50.8. The van der Waals surface area contributed by atoms with E-state index in [-0.39, 0.29) is 21.2 Å². The fourth-order valence-electron chi connectivity index (χ4n) is 8.13. The molecular weight excluding hydrogens is 1080 g/mol. The molecule has 0 amide bonds. The second-order valence-electron chi connectivity index (χ2n) is 16.3. The molecular formula is C49H41F12O6P2Rh. The number of rotatable bonds is 9. The summed E-state index contributed by atoms with van der Waals surface area (Å²) in [6.07, 6.45) is -16.8. The van der Waals surface area contributed by atoms with Crippen molar-refractivity contribution in [2.45, 2.75) is 92.6 Å². The van der Waals surface area contributed by atoms with Gasteiger partial charge in [-0.2, -0.15) is 52.7 Å². The van der Waals surface area contributed by atoms with Crippen LogP contribution in [-0.2, 0) is 56.8 Å². The Morgan fingerprint density at radius 2 is 0.914 bits per heavy atom. The van der Waals surface area contributed by atoms with Crippen molar-refractivity contribution in [2.75, 3.05) is 0 Å². The molecule has 0 aromatic heterocycles. The summed E-state index contributed by atoms with van der Waals surface area (Å²) in [5, 5.41) is 35.6. The number of ether oxygens (including phenoxy) is 1. The molecule has 2 aliphatic carbocycles. The molecule has 1 saturated heterocycles. The molecule has 2 fully saturated rings. The van der Waals surface area contributed by atoms with Gasteiger partial charge in [0.2, 0.25) is 0 Å². The number of alkyl halides is 12. The summed E-state index contributed by atoms with van der Waals surface area (Å²) in [7, 11) is -5.17. The number of benzene rings is 5. The van der Waals surface area contributed by atoms with Crippen molar-refractivity contribution in [1.82, 2.24) is 0 Å². The number of aliphatic hydroxyl groups is 3. The first-order chi connectivity index (χ1) is 32.9. The van der Waals surface area contributed by atoms with Crippen molar-refractivity contribution < 1.29 is 100 Å². The Bertz CT molecular complexity index is 2460. The summed E-state index contributed by atoms with van der Waals surface area (Å²) in [5.41, 5.74) is -6.50. The first kappa shape index (κ1) is 53.8. The molecule has 1 aliphatic heterocycles. The van der Waals surface area contributed by atoms with Crippen LogP contribution in [0.2, 0.25) is 0 Å². The van der Waals surface area contributed by atoms with Crippen LogP contribution in [0.5, 0.6) is 0 Å². The van der Waals surface area contributed by atoms with Crippen molar-refractivity contribution in [1.29, 1.82) is 0 Å². The summed E-state index contributed by atoms with van der Waals surface area (Å²) in [5.74, 6) is -1.32. The number of aliphatic hydroxyl groups excluding tert-OH is 2. The zero-order valence-electron chi connectivity index (χ0n) is 36.0. The zero-order valence-corrected chi connectivity index (χ0v) is 39.4. The van der Waals surface area contributed by atoms with Crippen molar-refractivity contribution in [2.24, 2.45) is 0 Å². The van der Waals surface area contributed by atoms with Crippen molar-refractivity contribution >= 4 is 37.5 Å². The van der Waals surface area contributed by atoms with Gasteiger partial charge in [0.05, 0.1) is 44.7 Å². The Labute approximate surface area is 406 Å². The van der Waals surface area contributed by atoms with Gasteiger partial charge in [-0.1, -0.05) is 78.9 Å². The van der Waals surface area contributed by atoms with Gasteiger partial charge >= 0.3 is 91.1 Å². The number of fused-ring (bicyclic) bond motifs is 1. The normalized spacial score (nSPS) is 25.4. The van der Waals surface area contributed by atoms with E-state index in [2.05, 4.69) is 36.5 Å². The van der Waals surface area contributed by atoms with Gasteiger partial charge in [-0.25, -0.2) is 0 Å². The third kappa shape index (κ3) is 12.2. The second kappa shape index (κ2) is 21.6. The molecule has 8 rings (SSSR count). The SMILES string of the molecule is OC1C(c2ccccc2)[C@@]2(O)[C@@H]1O[C@@H](O)[C@H](OP(c1ccc(C(F)(F)F)cc1)c1ccc(C(F)(F)F)cc1)[C@H]2OP(c1ccc(C(F)(F)F)cc1)c1ccc(C(F)(F)F)cc1.[Rh]/[C]1=C/CC/C=C\CC1. The number of allylic oxidation sites excluding steroid dienone is 4. The van der Waals surface area contributed by atoms with E-state index < -0.39 is 105 Å². The average Bonchev–Trinajstić information content (AvgIpc) is 3.30. The predicted molar refractivity (Wildman–Crippen MR) is 235 cm³/mol. The van der Waals surface area contributed by atoms with Crippen LogP contribution >= 0.6 is 16.3 Å². The van der Waals surface area contributed by atoms with Gasteiger partial charge in [-0.15, -0.1) is 0 Å². The van der Waals surface area contributed by atoms with Gasteiger partial charge in [-0.3, -0.25) is 0 Å². The molecule has 5 aromatic rings. The summed E-state index contributed by atoms with van der Waals surface area (Å²) < 4.78 is 184. The molecule has 3 N–H and O–H groups in total. The molecule has 1 saturated carbocycles. The molecule has 5 aromatic carbocycles. The number of halogens is 12. The van der Waals surface area contributed by atoms with E-state index in [1.807, 2.05) is 0 Å².